The van der Waals surface area contributed by atoms with E-state index in [2.05, 4.69) is 10.3 Å². The zero-order chi connectivity index (χ0) is 11.3. The maximum Gasteiger partial charge on any atom is 0.0820 e. The molecule has 15 heavy (non-hydrogen) atoms. The topological polar surface area (TPSA) is 45.1 Å². The fraction of sp³-hybridized carbons (Fsp3) is 0.545. The van der Waals surface area contributed by atoms with Crippen molar-refractivity contribution in [1.29, 1.82) is 0 Å². The largest absolute Gasteiger partial charge is 0.394 e. The second-order valence-electron chi connectivity index (χ2n) is 3.63. The third-order valence-electron chi connectivity index (χ3n) is 2.83. The van der Waals surface area contributed by atoms with Crippen LogP contribution in [0.1, 0.15) is 26.7 Å². The van der Waals surface area contributed by atoms with Crippen molar-refractivity contribution in [3.63, 3.8) is 0 Å². The van der Waals surface area contributed by atoms with E-state index >= 15 is 0 Å². The van der Waals surface area contributed by atoms with E-state index in [1.54, 1.807) is 12.4 Å². The van der Waals surface area contributed by atoms with Crippen molar-refractivity contribution in [2.24, 2.45) is 0 Å². The molecule has 84 valence electrons. The van der Waals surface area contributed by atoms with Gasteiger partial charge >= 0.3 is 0 Å². The molecule has 0 aliphatic heterocycles. The van der Waals surface area contributed by atoms with Gasteiger partial charge in [-0.3, -0.25) is 4.98 Å². The van der Waals surface area contributed by atoms with Crippen LogP contribution in [0.5, 0.6) is 0 Å². The highest BCUT2D eigenvalue weighted by molar-refractivity contribution is 6.33. The van der Waals surface area contributed by atoms with Gasteiger partial charge in [-0.2, -0.15) is 0 Å². The van der Waals surface area contributed by atoms with Crippen LogP contribution in [0.3, 0.4) is 0 Å². The molecular weight excluding hydrogens is 212 g/mol. The Morgan fingerprint density at radius 2 is 2.13 bits per heavy atom. The molecule has 1 aromatic rings. The number of halogens is 1. The predicted molar refractivity (Wildman–Crippen MR) is 63.3 cm³/mol. The van der Waals surface area contributed by atoms with Gasteiger partial charge in [0.15, 0.2) is 0 Å². The Kier molecular flexibility index (Phi) is 4.36. The fourth-order valence-corrected chi connectivity index (χ4v) is 1.62. The van der Waals surface area contributed by atoms with Crippen LogP contribution < -0.4 is 5.32 Å². The lowest BCUT2D eigenvalue weighted by molar-refractivity contribution is 0.202. The van der Waals surface area contributed by atoms with E-state index in [0.717, 1.165) is 18.5 Å². The molecule has 1 heterocycles. The minimum atomic E-state index is -0.287. The lowest BCUT2D eigenvalue weighted by Gasteiger charge is -2.32. The molecule has 0 atom stereocenters. The van der Waals surface area contributed by atoms with Gasteiger partial charge in [-0.05, 0) is 18.9 Å². The Bertz CT molecular complexity index is 305. The van der Waals surface area contributed by atoms with E-state index in [1.165, 1.54) is 0 Å². The zero-order valence-corrected chi connectivity index (χ0v) is 9.88. The number of rotatable bonds is 5. The van der Waals surface area contributed by atoms with Crippen LogP contribution in [0.15, 0.2) is 18.5 Å². The number of aliphatic hydroxyl groups excluding tert-OH is 1. The van der Waals surface area contributed by atoms with Crippen molar-refractivity contribution < 1.29 is 5.11 Å². The van der Waals surface area contributed by atoms with Crippen molar-refractivity contribution in [2.45, 2.75) is 32.2 Å². The lowest BCUT2D eigenvalue weighted by Crippen LogP contribution is -2.40. The number of pyridine rings is 1. The first-order chi connectivity index (χ1) is 7.17. The van der Waals surface area contributed by atoms with Crippen LogP contribution in [0, 0.1) is 0 Å². The molecule has 0 aromatic carbocycles. The van der Waals surface area contributed by atoms with E-state index < -0.39 is 0 Å². The molecule has 0 radical (unpaired) electrons. The van der Waals surface area contributed by atoms with Crippen molar-refractivity contribution in [3.05, 3.63) is 23.5 Å². The minimum absolute atomic E-state index is 0.0959. The highest BCUT2D eigenvalue weighted by Gasteiger charge is 2.25. The van der Waals surface area contributed by atoms with Crippen molar-refractivity contribution in [1.82, 2.24) is 4.98 Å². The van der Waals surface area contributed by atoms with Crippen LogP contribution in [0.25, 0.3) is 0 Å². The molecule has 3 nitrogen and oxygen atoms in total. The number of aromatic nitrogens is 1. The van der Waals surface area contributed by atoms with Crippen LogP contribution in [-0.4, -0.2) is 22.2 Å². The van der Waals surface area contributed by atoms with Crippen LogP contribution >= 0.6 is 11.6 Å². The Labute approximate surface area is 95.5 Å². The van der Waals surface area contributed by atoms with Crippen molar-refractivity contribution in [3.8, 4) is 0 Å². The lowest BCUT2D eigenvalue weighted by atomic mass is 9.93. The van der Waals surface area contributed by atoms with Crippen LogP contribution in [0.4, 0.5) is 5.69 Å². The standard InChI is InChI=1S/C11H17ClN2O/c1-3-11(4-2,8-15)14-10-5-6-13-7-9(10)12/h5-7,15H,3-4,8H2,1-2H3,(H,13,14). The first-order valence-corrected chi connectivity index (χ1v) is 5.54. The van der Waals surface area contributed by atoms with Crippen LogP contribution in [0.2, 0.25) is 5.02 Å². The molecule has 1 rings (SSSR count). The molecule has 0 fully saturated rings. The number of aliphatic hydroxyl groups is 1. The summed E-state index contributed by atoms with van der Waals surface area (Å²) in [4.78, 5) is 3.92. The minimum Gasteiger partial charge on any atom is -0.394 e. The first-order valence-electron chi connectivity index (χ1n) is 5.16. The summed E-state index contributed by atoms with van der Waals surface area (Å²) in [6.07, 6.45) is 4.97. The van der Waals surface area contributed by atoms with E-state index in [0.29, 0.717) is 5.02 Å². The molecule has 2 N–H and O–H groups in total. The second kappa shape index (κ2) is 5.33. The molecule has 4 heteroatoms. The second-order valence-corrected chi connectivity index (χ2v) is 4.03. The molecule has 0 spiro atoms. The summed E-state index contributed by atoms with van der Waals surface area (Å²) in [5.74, 6) is 0. The number of nitrogens with one attached hydrogen (secondary N) is 1. The normalized spacial score (nSPS) is 11.5. The monoisotopic (exact) mass is 228 g/mol. The summed E-state index contributed by atoms with van der Waals surface area (Å²) in [5, 5.41) is 13.3. The Morgan fingerprint density at radius 3 is 2.60 bits per heavy atom. The Hall–Kier alpha value is -0.800. The van der Waals surface area contributed by atoms with Gasteiger partial charge in [0, 0.05) is 12.4 Å². The summed E-state index contributed by atoms with van der Waals surface area (Å²) >= 11 is 5.99. The highest BCUT2D eigenvalue weighted by atomic mass is 35.5. The van der Waals surface area contributed by atoms with Gasteiger partial charge in [-0.1, -0.05) is 25.4 Å². The fourth-order valence-electron chi connectivity index (χ4n) is 1.45. The number of anilines is 1. The Morgan fingerprint density at radius 1 is 1.47 bits per heavy atom. The highest BCUT2D eigenvalue weighted by Crippen LogP contribution is 2.26. The summed E-state index contributed by atoms with van der Waals surface area (Å²) in [7, 11) is 0. The van der Waals surface area contributed by atoms with Gasteiger partial charge in [0.05, 0.1) is 22.9 Å². The van der Waals surface area contributed by atoms with Gasteiger partial charge in [-0.15, -0.1) is 0 Å². The molecule has 0 unspecified atom stereocenters. The third kappa shape index (κ3) is 2.83. The van der Waals surface area contributed by atoms with Crippen LogP contribution in [-0.2, 0) is 0 Å². The smallest absolute Gasteiger partial charge is 0.0820 e. The van der Waals surface area contributed by atoms with Gasteiger partial charge in [0.1, 0.15) is 0 Å². The van der Waals surface area contributed by atoms with Gasteiger partial charge in [0.2, 0.25) is 0 Å². The van der Waals surface area contributed by atoms with Gasteiger partial charge < -0.3 is 10.4 Å². The van der Waals surface area contributed by atoms with Gasteiger partial charge in [-0.25, -0.2) is 0 Å². The van der Waals surface area contributed by atoms with Crippen molar-refractivity contribution >= 4 is 17.3 Å². The zero-order valence-electron chi connectivity index (χ0n) is 9.13. The van der Waals surface area contributed by atoms with Crippen molar-refractivity contribution in [2.75, 3.05) is 11.9 Å². The van der Waals surface area contributed by atoms with E-state index in [1.807, 2.05) is 19.9 Å². The molecule has 0 amide bonds. The summed E-state index contributed by atoms with van der Waals surface area (Å²) in [6, 6.07) is 1.82. The molecular formula is C11H17ClN2O. The SMILES string of the molecule is CCC(CC)(CO)Nc1ccncc1Cl. The first kappa shape index (κ1) is 12.3. The van der Waals surface area contributed by atoms with E-state index in [4.69, 9.17) is 11.6 Å². The molecule has 0 aliphatic carbocycles. The number of hydrogen-bond acceptors (Lipinski definition) is 3. The summed E-state index contributed by atoms with van der Waals surface area (Å²) in [6.45, 7) is 4.18. The molecule has 0 saturated carbocycles. The van der Waals surface area contributed by atoms with E-state index in [9.17, 15) is 5.11 Å². The maximum absolute atomic E-state index is 9.41. The third-order valence-corrected chi connectivity index (χ3v) is 3.13. The maximum atomic E-state index is 9.41. The number of nitrogens with zero attached hydrogens (tertiary/aromatic N) is 1. The number of hydrogen-bond donors (Lipinski definition) is 2. The average molecular weight is 229 g/mol. The molecule has 0 aliphatic rings. The quantitative estimate of drug-likeness (QED) is 0.815. The average Bonchev–Trinajstić information content (AvgIpc) is 2.29. The van der Waals surface area contributed by atoms with Gasteiger partial charge in [0.25, 0.3) is 0 Å². The predicted octanol–water partition coefficient (Wildman–Crippen LogP) is 2.70. The molecule has 1 aromatic heterocycles. The summed E-state index contributed by atoms with van der Waals surface area (Å²) < 4.78 is 0. The molecule has 0 saturated heterocycles. The summed E-state index contributed by atoms with van der Waals surface area (Å²) in [5.41, 5.74) is 0.537. The Balaban J connectivity index is 2.88. The van der Waals surface area contributed by atoms with E-state index in [-0.39, 0.29) is 12.1 Å². The molecule has 0 bridgehead atoms.